The fourth-order valence-electron chi connectivity index (χ4n) is 9.47. The summed E-state index contributed by atoms with van der Waals surface area (Å²) >= 11 is 0. The molecular weight excluding hydrogens is 913 g/mol. The van der Waals surface area contributed by atoms with Crippen LogP contribution in [0, 0.1) is 0 Å². The Hall–Kier alpha value is -2.89. The number of rotatable bonds is 59. The molecule has 74 heavy (non-hydrogen) atoms. The van der Waals surface area contributed by atoms with Crippen LogP contribution in [0.25, 0.3) is 0 Å². The van der Waals surface area contributed by atoms with Crippen molar-refractivity contribution in [3.05, 3.63) is 60.8 Å². The zero-order valence-electron chi connectivity index (χ0n) is 49.4. The van der Waals surface area contributed by atoms with Crippen molar-refractivity contribution in [2.75, 3.05) is 13.2 Å². The fourth-order valence-corrected chi connectivity index (χ4v) is 9.47. The maximum Gasteiger partial charge on any atom is 0.306 e. The number of hydrogen-bond donors (Lipinski definition) is 0. The summed E-state index contributed by atoms with van der Waals surface area (Å²) in [6.07, 6.45) is 79.5. The van der Waals surface area contributed by atoms with Gasteiger partial charge in [-0.15, -0.1) is 0 Å². The van der Waals surface area contributed by atoms with Gasteiger partial charge in [0.1, 0.15) is 13.2 Å². The zero-order chi connectivity index (χ0) is 53.6. The van der Waals surface area contributed by atoms with Crippen LogP contribution in [0.15, 0.2) is 60.8 Å². The average molecular weight is 1040 g/mol. The molecule has 0 aromatic carbocycles. The Morgan fingerprint density at radius 1 is 0.284 bits per heavy atom. The highest BCUT2D eigenvalue weighted by atomic mass is 16.6. The second kappa shape index (κ2) is 62.6. The Kier molecular flexibility index (Phi) is 60.2. The van der Waals surface area contributed by atoms with Crippen LogP contribution in [-0.4, -0.2) is 37.2 Å². The van der Waals surface area contributed by atoms with Gasteiger partial charge in [-0.2, -0.15) is 0 Å². The Morgan fingerprint density at radius 2 is 0.527 bits per heavy atom. The van der Waals surface area contributed by atoms with Crippen molar-refractivity contribution in [3.8, 4) is 0 Å². The van der Waals surface area contributed by atoms with Crippen LogP contribution in [0.4, 0.5) is 0 Å². The highest BCUT2D eigenvalue weighted by Gasteiger charge is 2.19. The molecule has 0 aliphatic heterocycles. The standard InChI is InChI=1S/C68H122O6/c1-4-7-10-13-16-19-22-25-27-28-29-30-31-32-33-34-35-36-37-38-39-40-42-43-46-49-52-55-58-61-67(70)73-64-65(63-72-66(69)60-57-54-51-48-45-24-21-18-15-12-9-6-3)74-68(71)62-59-56-53-50-47-44-41-26-23-20-17-14-11-8-5-2/h7,10,16,19,25,27,29-30,32-33,65H,4-6,8-9,11-15,17-18,20-24,26,28,31,34-64H2,1-3H3/b10-7-,19-16-,27-25-,30-29-,33-32-. The molecule has 0 aliphatic carbocycles. The normalized spacial score (nSPS) is 12.4. The summed E-state index contributed by atoms with van der Waals surface area (Å²) in [6, 6.07) is 0. The lowest BCUT2D eigenvalue weighted by Gasteiger charge is -2.18. The maximum atomic E-state index is 12.9. The summed E-state index contributed by atoms with van der Waals surface area (Å²) in [5.74, 6) is -0.849. The minimum absolute atomic E-state index is 0.0681. The minimum Gasteiger partial charge on any atom is -0.462 e. The molecule has 0 heterocycles. The zero-order valence-corrected chi connectivity index (χ0v) is 49.4. The van der Waals surface area contributed by atoms with Gasteiger partial charge >= 0.3 is 17.9 Å². The third-order valence-corrected chi connectivity index (χ3v) is 14.3. The first-order valence-corrected chi connectivity index (χ1v) is 32.3. The van der Waals surface area contributed by atoms with Crippen molar-refractivity contribution in [2.45, 2.75) is 341 Å². The molecule has 0 rings (SSSR count). The number of hydrogen-bond acceptors (Lipinski definition) is 6. The van der Waals surface area contributed by atoms with Crippen LogP contribution in [0.2, 0.25) is 0 Å². The van der Waals surface area contributed by atoms with Crippen molar-refractivity contribution < 1.29 is 28.6 Å². The summed E-state index contributed by atoms with van der Waals surface area (Å²) in [7, 11) is 0. The second-order valence-electron chi connectivity index (χ2n) is 21.7. The van der Waals surface area contributed by atoms with Crippen molar-refractivity contribution in [1.29, 1.82) is 0 Å². The van der Waals surface area contributed by atoms with E-state index >= 15 is 0 Å². The second-order valence-corrected chi connectivity index (χ2v) is 21.7. The van der Waals surface area contributed by atoms with Crippen LogP contribution in [-0.2, 0) is 28.6 Å². The van der Waals surface area contributed by atoms with Gasteiger partial charge in [0.2, 0.25) is 0 Å². The van der Waals surface area contributed by atoms with E-state index in [1.165, 1.54) is 205 Å². The van der Waals surface area contributed by atoms with Crippen molar-refractivity contribution >= 4 is 17.9 Å². The lowest BCUT2D eigenvalue weighted by molar-refractivity contribution is -0.167. The van der Waals surface area contributed by atoms with Crippen molar-refractivity contribution in [1.82, 2.24) is 0 Å². The number of ether oxygens (including phenoxy) is 3. The molecule has 0 aromatic rings. The highest BCUT2D eigenvalue weighted by molar-refractivity contribution is 5.71. The van der Waals surface area contributed by atoms with Gasteiger partial charge in [0.25, 0.3) is 0 Å². The van der Waals surface area contributed by atoms with E-state index in [9.17, 15) is 14.4 Å². The van der Waals surface area contributed by atoms with E-state index in [0.717, 1.165) is 89.9 Å². The first kappa shape index (κ1) is 71.1. The van der Waals surface area contributed by atoms with Gasteiger partial charge in [-0.3, -0.25) is 14.4 Å². The third-order valence-electron chi connectivity index (χ3n) is 14.3. The first-order valence-electron chi connectivity index (χ1n) is 32.3. The molecule has 0 bridgehead atoms. The number of allylic oxidation sites excluding steroid dienone is 10. The van der Waals surface area contributed by atoms with Crippen LogP contribution in [0.5, 0.6) is 0 Å². The number of carbonyl (C=O) groups is 3. The Labute approximate surface area is 460 Å². The Bertz CT molecular complexity index is 1330. The van der Waals surface area contributed by atoms with Crippen LogP contribution >= 0.6 is 0 Å². The highest BCUT2D eigenvalue weighted by Crippen LogP contribution is 2.17. The largest absolute Gasteiger partial charge is 0.462 e. The summed E-state index contributed by atoms with van der Waals surface area (Å²) in [5, 5.41) is 0. The monoisotopic (exact) mass is 1030 g/mol. The van der Waals surface area contributed by atoms with Gasteiger partial charge < -0.3 is 14.2 Å². The summed E-state index contributed by atoms with van der Waals surface area (Å²) < 4.78 is 16.9. The number of carbonyl (C=O) groups excluding carboxylic acids is 3. The molecule has 0 aliphatic rings. The molecule has 6 heteroatoms. The minimum atomic E-state index is -0.770. The van der Waals surface area contributed by atoms with E-state index in [4.69, 9.17) is 14.2 Å². The first-order chi connectivity index (χ1) is 36.5. The SMILES string of the molecule is CC/C=C\C/C=C\C/C=C\C/C=C\C/C=C\CCCCCCCCCCCCCCCC(=O)OCC(COC(=O)CCCCCCCCCCCCCC)OC(=O)CCCCCCCCCCCCCCCCC. The maximum absolute atomic E-state index is 12.9. The van der Waals surface area contributed by atoms with Crippen LogP contribution in [0.3, 0.4) is 0 Å². The molecule has 430 valence electrons. The van der Waals surface area contributed by atoms with E-state index in [0.29, 0.717) is 19.3 Å². The summed E-state index contributed by atoms with van der Waals surface area (Å²) in [6.45, 7) is 6.57. The van der Waals surface area contributed by atoms with Crippen LogP contribution < -0.4 is 0 Å². The average Bonchev–Trinajstić information content (AvgIpc) is 3.40. The molecule has 0 spiro atoms. The molecule has 6 nitrogen and oxygen atoms in total. The van der Waals surface area contributed by atoms with Gasteiger partial charge in [-0.05, 0) is 64.2 Å². The van der Waals surface area contributed by atoms with E-state index in [1.54, 1.807) is 0 Å². The van der Waals surface area contributed by atoms with E-state index in [-0.39, 0.29) is 31.1 Å². The lowest BCUT2D eigenvalue weighted by atomic mass is 10.0. The predicted octanol–water partition coefficient (Wildman–Crippen LogP) is 21.9. The van der Waals surface area contributed by atoms with Crippen LogP contribution in [0.1, 0.15) is 335 Å². The molecular formula is C68H122O6. The molecule has 1 atom stereocenters. The van der Waals surface area contributed by atoms with Crippen molar-refractivity contribution in [2.24, 2.45) is 0 Å². The Balaban J connectivity index is 4.18. The number of unbranched alkanes of at least 4 members (excludes halogenated alkanes) is 38. The Morgan fingerprint density at radius 3 is 0.824 bits per heavy atom. The van der Waals surface area contributed by atoms with Gasteiger partial charge in [0, 0.05) is 19.3 Å². The van der Waals surface area contributed by atoms with Gasteiger partial charge in [-0.25, -0.2) is 0 Å². The van der Waals surface area contributed by atoms with E-state index in [2.05, 4.69) is 81.5 Å². The topological polar surface area (TPSA) is 78.9 Å². The molecule has 0 N–H and O–H groups in total. The summed E-state index contributed by atoms with van der Waals surface area (Å²) in [5.41, 5.74) is 0. The summed E-state index contributed by atoms with van der Waals surface area (Å²) in [4.78, 5) is 38.2. The molecule has 0 amide bonds. The van der Waals surface area contributed by atoms with Crippen molar-refractivity contribution in [3.63, 3.8) is 0 Å². The van der Waals surface area contributed by atoms with Gasteiger partial charge in [0.15, 0.2) is 6.10 Å². The van der Waals surface area contributed by atoms with Gasteiger partial charge in [0.05, 0.1) is 0 Å². The molecule has 0 fully saturated rings. The molecule has 0 aromatic heterocycles. The fraction of sp³-hybridized carbons (Fsp3) is 0.809. The molecule has 0 radical (unpaired) electrons. The van der Waals surface area contributed by atoms with E-state index < -0.39 is 6.10 Å². The number of esters is 3. The molecule has 0 saturated carbocycles. The smallest absolute Gasteiger partial charge is 0.306 e. The van der Waals surface area contributed by atoms with E-state index in [1.807, 2.05) is 0 Å². The third kappa shape index (κ3) is 60.0. The quantitative estimate of drug-likeness (QED) is 0.0261. The predicted molar refractivity (Wildman–Crippen MR) is 321 cm³/mol. The van der Waals surface area contributed by atoms with Gasteiger partial charge in [-0.1, -0.05) is 313 Å². The molecule has 1 unspecified atom stereocenters. The molecule has 0 saturated heterocycles. The lowest BCUT2D eigenvalue weighted by Crippen LogP contribution is -2.30.